The number of hydroxylamine groups is 1. The Morgan fingerprint density at radius 1 is 1.15 bits per heavy atom. The molecule has 0 bridgehead atoms. The molecule has 3 rings (SSSR count). The van der Waals surface area contributed by atoms with Gasteiger partial charge in [-0.25, -0.2) is 12.8 Å². The maximum Gasteiger partial charge on any atom is 0.264 e. The molecule has 1 heterocycles. The minimum absolute atomic E-state index is 0.0416. The van der Waals surface area contributed by atoms with Crippen molar-refractivity contribution >= 4 is 15.9 Å². The van der Waals surface area contributed by atoms with Gasteiger partial charge in [-0.3, -0.25) is 9.63 Å². The average Bonchev–Trinajstić information content (AvgIpc) is 3.17. The van der Waals surface area contributed by atoms with Crippen LogP contribution in [-0.4, -0.2) is 44.4 Å². The largest absolute Gasteiger partial charge is 0.332 e. The van der Waals surface area contributed by atoms with E-state index in [1.54, 1.807) is 17.0 Å². The molecule has 0 radical (unpaired) electrons. The average molecular weight is 392 g/mol. The van der Waals surface area contributed by atoms with E-state index < -0.39 is 10.0 Å². The number of hydrogen-bond donors (Lipinski definition) is 0. The number of carbonyl (C=O) groups excluding carboxylic acids is 1. The Morgan fingerprint density at radius 3 is 2.37 bits per heavy atom. The van der Waals surface area contributed by atoms with Gasteiger partial charge in [0.05, 0.1) is 18.0 Å². The van der Waals surface area contributed by atoms with E-state index in [1.807, 2.05) is 0 Å². The number of nitrogens with zero attached hydrogens (tertiary/aromatic N) is 2. The first-order valence-corrected chi connectivity index (χ1v) is 9.98. The van der Waals surface area contributed by atoms with Crippen LogP contribution >= 0.6 is 0 Å². The van der Waals surface area contributed by atoms with Crippen LogP contribution in [0.1, 0.15) is 34.8 Å². The molecule has 6 nitrogen and oxygen atoms in total. The second-order valence-electron chi connectivity index (χ2n) is 6.33. The monoisotopic (exact) mass is 392 g/mol. The number of benzene rings is 2. The molecule has 1 unspecified atom stereocenters. The van der Waals surface area contributed by atoms with Crippen molar-refractivity contribution in [2.75, 3.05) is 20.7 Å². The van der Waals surface area contributed by atoms with E-state index in [0.717, 1.165) is 22.9 Å². The maximum absolute atomic E-state index is 13.2. The third kappa shape index (κ3) is 3.87. The summed E-state index contributed by atoms with van der Waals surface area (Å²) >= 11 is 0. The van der Waals surface area contributed by atoms with Gasteiger partial charge in [-0.1, -0.05) is 16.6 Å². The van der Waals surface area contributed by atoms with Gasteiger partial charge in [-0.2, -0.15) is 0 Å². The smallest absolute Gasteiger partial charge is 0.264 e. The van der Waals surface area contributed by atoms with Gasteiger partial charge < -0.3 is 4.90 Å². The third-order valence-electron chi connectivity index (χ3n) is 4.76. The Balaban J connectivity index is 1.82. The molecule has 144 valence electrons. The zero-order valence-corrected chi connectivity index (χ0v) is 15.9. The molecule has 2 aromatic carbocycles. The van der Waals surface area contributed by atoms with Crippen molar-refractivity contribution < 1.29 is 22.4 Å². The molecule has 27 heavy (non-hydrogen) atoms. The number of carbonyl (C=O) groups is 1. The van der Waals surface area contributed by atoms with Gasteiger partial charge in [0.15, 0.2) is 0 Å². The highest BCUT2D eigenvalue weighted by molar-refractivity contribution is 7.89. The zero-order chi connectivity index (χ0) is 19.6. The number of sulfonamides is 1. The minimum Gasteiger partial charge on any atom is -0.332 e. The van der Waals surface area contributed by atoms with Crippen LogP contribution in [0.5, 0.6) is 0 Å². The minimum atomic E-state index is -3.76. The van der Waals surface area contributed by atoms with E-state index in [4.69, 9.17) is 4.84 Å². The van der Waals surface area contributed by atoms with Crippen LogP contribution in [0.2, 0.25) is 0 Å². The molecule has 0 saturated carbocycles. The van der Waals surface area contributed by atoms with Gasteiger partial charge in [-0.15, -0.1) is 0 Å². The van der Waals surface area contributed by atoms with Crippen molar-refractivity contribution in [3.05, 3.63) is 65.5 Å². The van der Waals surface area contributed by atoms with Crippen LogP contribution in [0.15, 0.2) is 53.4 Å². The topological polar surface area (TPSA) is 66.9 Å². The molecule has 1 amide bonds. The lowest BCUT2D eigenvalue weighted by molar-refractivity contribution is -0.0258. The molecule has 8 heteroatoms. The molecule has 1 atom stereocenters. The standard InChI is InChI=1S/C19H21FN2O4S/c1-21(26-2)27(24,25)17-11-7-15(8-12-17)19(23)22-13-3-4-18(22)14-5-9-16(20)10-6-14/h5-12,18H,3-4,13H2,1-2H3. The molecular weight excluding hydrogens is 371 g/mol. The number of likely N-dealkylation sites (tertiary alicyclic amines) is 1. The quantitative estimate of drug-likeness (QED) is 0.734. The molecular formula is C19H21FN2O4S. The van der Waals surface area contributed by atoms with E-state index >= 15 is 0 Å². The number of halogens is 1. The van der Waals surface area contributed by atoms with Gasteiger partial charge in [0.25, 0.3) is 15.9 Å². The lowest BCUT2D eigenvalue weighted by Crippen LogP contribution is -2.30. The van der Waals surface area contributed by atoms with Crippen LogP contribution in [0.25, 0.3) is 0 Å². The maximum atomic E-state index is 13.2. The van der Waals surface area contributed by atoms with E-state index in [0.29, 0.717) is 12.1 Å². The fourth-order valence-corrected chi connectivity index (χ4v) is 4.20. The first-order valence-electron chi connectivity index (χ1n) is 8.54. The fourth-order valence-electron chi connectivity index (χ4n) is 3.22. The highest BCUT2D eigenvalue weighted by Crippen LogP contribution is 2.33. The molecule has 1 aliphatic rings. The Labute approximate surface area is 158 Å². The Hall–Kier alpha value is -2.29. The fraction of sp³-hybridized carbons (Fsp3) is 0.316. The predicted octanol–water partition coefficient (Wildman–Crippen LogP) is 2.98. The van der Waals surface area contributed by atoms with Gasteiger partial charge in [0.2, 0.25) is 0 Å². The van der Waals surface area contributed by atoms with Gasteiger partial charge >= 0.3 is 0 Å². The Kier molecular flexibility index (Phi) is 5.59. The Morgan fingerprint density at radius 2 is 1.78 bits per heavy atom. The summed E-state index contributed by atoms with van der Waals surface area (Å²) < 4.78 is 38.4. The van der Waals surface area contributed by atoms with E-state index in [2.05, 4.69) is 0 Å². The summed E-state index contributed by atoms with van der Waals surface area (Å²) in [6.45, 7) is 0.605. The van der Waals surface area contributed by atoms with Crippen LogP contribution in [-0.2, 0) is 14.9 Å². The van der Waals surface area contributed by atoms with Crippen molar-refractivity contribution in [1.29, 1.82) is 0 Å². The summed E-state index contributed by atoms with van der Waals surface area (Å²) in [5.41, 5.74) is 1.30. The highest BCUT2D eigenvalue weighted by Gasteiger charge is 2.31. The van der Waals surface area contributed by atoms with Crippen molar-refractivity contribution in [3.63, 3.8) is 0 Å². The summed E-state index contributed by atoms with van der Waals surface area (Å²) in [6, 6.07) is 11.8. The molecule has 1 fully saturated rings. The van der Waals surface area contributed by atoms with E-state index in [9.17, 15) is 17.6 Å². The third-order valence-corrected chi connectivity index (χ3v) is 6.46. The van der Waals surface area contributed by atoms with Crippen LogP contribution in [0.4, 0.5) is 4.39 Å². The summed E-state index contributed by atoms with van der Waals surface area (Å²) in [5, 5.41) is 0. The second-order valence-corrected chi connectivity index (χ2v) is 8.27. The van der Waals surface area contributed by atoms with E-state index in [1.165, 1.54) is 50.6 Å². The molecule has 0 spiro atoms. The molecule has 0 N–H and O–H groups in total. The predicted molar refractivity (Wildman–Crippen MR) is 97.8 cm³/mol. The SMILES string of the molecule is CON(C)S(=O)(=O)c1ccc(C(=O)N2CCCC2c2ccc(F)cc2)cc1. The van der Waals surface area contributed by atoms with Crippen LogP contribution in [0.3, 0.4) is 0 Å². The Bertz CT molecular complexity index is 914. The molecule has 1 saturated heterocycles. The van der Waals surface area contributed by atoms with Gasteiger partial charge in [0.1, 0.15) is 5.82 Å². The normalized spacial score (nSPS) is 17.5. The van der Waals surface area contributed by atoms with Crippen LogP contribution < -0.4 is 0 Å². The number of rotatable bonds is 5. The molecule has 0 aliphatic carbocycles. The molecule has 0 aromatic heterocycles. The summed E-state index contributed by atoms with van der Waals surface area (Å²) in [6.07, 6.45) is 1.67. The van der Waals surface area contributed by atoms with Crippen LogP contribution in [0, 0.1) is 5.82 Å². The van der Waals surface area contributed by atoms with Crippen molar-refractivity contribution in [1.82, 2.24) is 9.37 Å². The first kappa shape index (κ1) is 19.5. The summed E-state index contributed by atoms with van der Waals surface area (Å²) in [4.78, 5) is 19.4. The van der Waals surface area contributed by atoms with E-state index in [-0.39, 0.29) is 22.7 Å². The van der Waals surface area contributed by atoms with Crippen molar-refractivity contribution in [3.8, 4) is 0 Å². The van der Waals surface area contributed by atoms with Gasteiger partial charge in [-0.05, 0) is 54.8 Å². The summed E-state index contributed by atoms with van der Waals surface area (Å²) in [5.74, 6) is -0.488. The van der Waals surface area contributed by atoms with Crippen molar-refractivity contribution in [2.45, 2.75) is 23.8 Å². The lowest BCUT2D eigenvalue weighted by Gasteiger charge is -2.25. The first-order chi connectivity index (χ1) is 12.8. The molecule has 2 aromatic rings. The zero-order valence-electron chi connectivity index (χ0n) is 15.1. The molecule has 1 aliphatic heterocycles. The van der Waals surface area contributed by atoms with Crippen molar-refractivity contribution in [2.24, 2.45) is 0 Å². The second kappa shape index (κ2) is 7.75. The summed E-state index contributed by atoms with van der Waals surface area (Å²) in [7, 11) is -1.20. The number of amides is 1. The lowest BCUT2D eigenvalue weighted by atomic mass is 10.0. The highest BCUT2D eigenvalue weighted by atomic mass is 32.2. The van der Waals surface area contributed by atoms with Gasteiger partial charge in [0, 0.05) is 19.2 Å². The number of hydrogen-bond acceptors (Lipinski definition) is 4.